The first-order valence-corrected chi connectivity index (χ1v) is 5.80. The van der Waals surface area contributed by atoms with Gasteiger partial charge in [-0.1, -0.05) is 12.8 Å². The van der Waals surface area contributed by atoms with Gasteiger partial charge in [-0.05, 0) is 30.4 Å². The van der Waals surface area contributed by atoms with Gasteiger partial charge in [-0.15, -0.1) is 0 Å². The Morgan fingerprint density at radius 1 is 1.44 bits per heavy atom. The first-order valence-electron chi connectivity index (χ1n) is 5.80. The van der Waals surface area contributed by atoms with E-state index in [2.05, 4.69) is 10.4 Å². The molecule has 0 spiro atoms. The SMILES string of the molecule is COc1cncc(C(NN)C2CCCC2)c1. The molecule has 1 atom stereocenters. The molecule has 0 amide bonds. The van der Waals surface area contributed by atoms with Gasteiger partial charge in [0.2, 0.25) is 0 Å². The summed E-state index contributed by atoms with van der Waals surface area (Å²) in [4.78, 5) is 4.18. The Morgan fingerprint density at radius 2 is 2.19 bits per heavy atom. The van der Waals surface area contributed by atoms with E-state index >= 15 is 0 Å². The monoisotopic (exact) mass is 221 g/mol. The number of rotatable bonds is 4. The minimum Gasteiger partial charge on any atom is -0.495 e. The molecule has 0 radical (unpaired) electrons. The third kappa shape index (κ3) is 2.33. The van der Waals surface area contributed by atoms with Crippen LogP contribution in [-0.4, -0.2) is 12.1 Å². The predicted molar refractivity (Wildman–Crippen MR) is 62.8 cm³/mol. The molecule has 88 valence electrons. The van der Waals surface area contributed by atoms with Crippen LogP contribution in [0.25, 0.3) is 0 Å². The topological polar surface area (TPSA) is 60.2 Å². The number of hydrogen-bond acceptors (Lipinski definition) is 4. The van der Waals surface area contributed by atoms with Gasteiger partial charge in [-0.3, -0.25) is 16.3 Å². The molecule has 1 aliphatic carbocycles. The van der Waals surface area contributed by atoms with Crippen LogP contribution in [0.15, 0.2) is 18.5 Å². The summed E-state index contributed by atoms with van der Waals surface area (Å²) in [5, 5.41) is 0. The summed E-state index contributed by atoms with van der Waals surface area (Å²) in [7, 11) is 1.65. The number of ether oxygens (including phenoxy) is 1. The van der Waals surface area contributed by atoms with Crippen LogP contribution in [0.5, 0.6) is 5.75 Å². The average Bonchev–Trinajstić information content (AvgIpc) is 2.84. The second-order valence-electron chi connectivity index (χ2n) is 4.35. The van der Waals surface area contributed by atoms with Crippen LogP contribution in [0, 0.1) is 5.92 Å². The van der Waals surface area contributed by atoms with E-state index in [-0.39, 0.29) is 6.04 Å². The summed E-state index contributed by atoms with van der Waals surface area (Å²) in [6, 6.07) is 2.21. The van der Waals surface area contributed by atoms with Crippen molar-refractivity contribution in [2.45, 2.75) is 31.7 Å². The van der Waals surface area contributed by atoms with Crippen LogP contribution in [0.3, 0.4) is 0 Å². The molecule has 16 heavy (non-hydrogen) atoms. The lowest BCUT2D eigenvalue weighted by atomic mass is 9.93. The molecule has 0 saturated heterocycles. The van der Waals surface area contributed by atoms with E-state index in [0.717, 1.165) is 11.3 Å². The molecule has 1 aliphatic rings. The first-order chi connectivity index (χ1) is 7.85. The van der Waals surface area contributed by atoms with Gasteiger partial charge < -0.3 is 4.74 Å². The van der Waals surface area contributed by atoms with Crippen LogP contribution < -0.4 is 16.0 Å². The second kappa shape index (κ2) is 5.27. The van der Waals surface area contributed by atoms with E-state index in [4.69, 9.17) is 10.6 Å². The van der Waals surface area contributed by atoms with Gasteiger partial charge >= 0.3 is 0 Å². The number of nitrogens with zero attached hydrogens (tertiary/aromatic N) is 1. The van der Waals surface area contributed by atoms with Gasteiger partial charge in [0.1, 0.15) is 5.75 Å². The molecule has 1 fully saturated rings. The lowest BCUT2D eigenvalue weighted by molar-refractivity contribution is 0.368. The number of methoxy groups -OCH3 is 1. The van der Waals surface area contributed by atoms with Gasteiger partial charge in [-0.25, -0.2) is 0 Å². The van der Waals surface area contributed by atoms with E-state index in [9.17, 15) is 0 Å². The first kappa shape index (κ1) is 11.4. The molecular weight excluding hydrogens is 202 g/mol. The van der Waals surface area contributed by atoms with Gasteiger partial charge in [0.05, 0.1) is 19.3 Å². The highest BCUT2D eigenvalue weighted by Crippen LogP contribution is 2.35. The Balaban J connectivity index is 2.18. The third-order valence-corrected chi connectivity index (χ3v) is 3.38. The summed E-state index contributed by atoms with van der Waals surface area (Å²) < 4.78 is 5.18. The summed E-state index contributed by atoms with van der Waals surface area (Å²) in [6.45, 7) is 0. The van der Waals surface area contributed by atoms with E-state index < -0.39 is 0 Å². The zero-order valence-corrected chi connectivity index (χ0v) is 9.65. The van der Waals surface area contributed by atoms with Crippen LogP contribution >= 0.6 is 0 Å². The normalized spacial score (nSPS) is 18.6. The molecule has 0 bridgehead atoms. The molecule has 4 heteroatoms. The second-order valence-corrected chi connectivity index (χ2v) is 4.35. The van der Waals surface area contributed by atoms with Crippen molar-refractivity contribution < 1.29 is 4.74 Å². The van der Waals surface area contributed by atoms with Crippen LogP contribution in [-0.2, 0) is 0 Å². The lowest BCUT2D eigenvalue weighted by Crippen LogP contribution is -2.32. The number of nitrogens with two attached hydrogens (primary N) is 1. The molecule has 1 heterocycles. The number of pyridine rings is 1. The zero-order chi connectivity index (χ0) is 11.4. The maximum absolute atomic E-state index is 5.66. The van der Waals surface area contributed by atoms with Gasteiger partial charge in [0, 0.05) is 6.20 Å². The number of nitrogens with one attached hydrogen (secondary N) is 1. The van der Waals surface area contributed by atoms with Crippen molar-refractivity contribution >= 4 is 0 Å². The van der Waals surface area contributed by atoms with E-state index in [1.54, 1.807) is 13.3 Å². The Hall–Kier alpha value is -1.13. The molecule has 0 aromatic carbocycles. The largest absolute Gasteiger partial charge is 0.495 e. The van der Waals surface area contributed by atoms with E-state index in [0.29, 0.717) is 5.92 Å². The number of hydrazine groups is 1. The van der Waals surface area contributed by atoms with Crippen molar-refractivity contribution in [3.05, 3.63) is 24.0 Å². The summed E-state index contributed by atoms with van der Waals surface area (Å²) in [5.74, 6) is 7.07. The third-order valence-electron chi connectivity index (χ3n) is 3.38. The van der Waals surface area contributed by atoms with Crippen LogP contribution in [0.4, 0.5) is 0 Å². The fraction of sp³-hybridized carbons (Fsp3) is 0.583. The zero-order valence-electron chi connectivity index (χ0n) is 9.65. The maximum Gasteiger partial charge on any atom is 0.137 e. The minimum absolute atomic E-state index is 0.199. The molecule has 2 rings (SSSR count). The van der Waals surface area contributed by atoms with Crippen molar-refractivity contribution in [2.24, 2.45) is 11.8 Å². The number of hydrogen-bond donors (Lipinski definition) is 2. The summed E-state index contributed by atoms with van der Waals surface area (Å²) in [6.07, 6.45) is 8.68. The molecule has 0 aliphatic heterocycles. The minimum atomic E-state index is 0.199. The van der Waals surface area contributed by atoms with Crippen molar-refractivity contribution in [3.8, 4) is 5.75 Å². The lowest BCUT2D eigenvalue weighted by Gasteiger charge is -2.22. The molecule has 1 aromatic rings. The highest BCUT2D eigenvalue weighted by molar-refractivity contribution is 5.26. The van der Waals surface area contributed by atoms with E-state index in [1.807, 2.05) is 12.3 Å². The Labute approximate surface area is 96.2 Å². The molecular formula is C12H19N3O. The average molecular weight is 221 g/mol. The molecule has 1 unspecified atom stereocenters. The molecule has 3 N–H and O–H groups in total. The number of aromatic nitrogens is 1. The fourth-order valence-electron chi connectivity index (χ4n) is 2.51. The molecule has 1 saturated carbocycles. The molecule has 4 nitrogen and oxygen atoms in total. The van der Waals surface area contributed by atoms with Gasteiger partial charge in [0.25, 0.3) is 0 Å². The van der Waals surface area contributed by atoms with Crippen molar-refractivity contribution in [1.82, 2.24) is 10.4 Å². The highest BCUT2D eigenvalue weighted by atomic mass is 16.5. The van der Waals surface area contributed by atoms with Gasteiger partial charge in [0.15, 0.2) is 0 Å². The Morgan fingerprint density at radius 3 is 2.81 bits per heavy atom. The smallest absolute Gasteiger partial charge is 0.137 e. The fourth-order valence-corrected chi connectivity index (χ4v) is 2.51. The van der Waals surface area contributed by atoms with E-state index in [1.165, 1.54) is 25.7 Å². The van der Waals surface area contributed by atoms with Crippen molar-refractivity contribution in [1.29, 1.82) is 0 Å². The maximum atomic E-state index is 5.66. The quantitative estimate of drug-likeness (QED) is 0.601. The van der Waals surface area contributed by atoms with Gasteiger partial charge in [-0.2, -0.15) is 0 Å². The standard InChI is InChI=1S/C12H19N3O/c1-16-11-6-10(7-14-8-11)12(15-13)9-4-2-3-5-9/h6-9,12,15H,2-5,13H2,1H3. The van der Waals surface area contributed by atoms with Crippen molar-refractivity contribution in [3.63, 3.8) is 0 Å². The summed E-state index contributed by atoms with van der Waals surface area (Å²) in [5.41, 5.74) is 4.04. The van der Waals surface area contributed by atoms with Crippen molar-refractivity contribution in [2.75, 3.05) is 7.11 Å². The van der Waals surface area contributed by atoms with Crippen LogP contribution in [0.2, 0.25) is 0 Å². The Kier molecular flexibility index (Phi) is 3.74. The predicted octanol–water partition coefficient (Wildman–Crippen LogP) is 1.78. The highest BCUT2D eigenvalue weighted by Gasteiger charge is 2.25. The van der Waals surface area contributed by atoms with Crippen LogP contribution in [0.1, 0.15) is 37.3 Å². The Bertz CT molecular complexity index is 337. The molecule has 1 aromatic heterocycles. The summed E-state index contributed by atoms with van der Waals surface area (Å²) >= 11 is 0.